The van der Waals surface area contributed by atoms with Crippen LogP contribution in [0.25, 0.3) is 0 Å². The lowest BCUT2D eigenvalue weighted by molar-refractivity contribution is -0.140. The van der Waals surface area contributed by atoms with Gasteiger partial charge in [-0.25, -0.2) is 0 Å². The minimum Gasteiger partial charge on any atom is -0.469 e. The van der Waals surface area contributed by atoms with Gasteiger partial charge in [-0.2, -0.15) is 17.0 Å². The van der Waals surface area contributed by atoms with Gasteiger partial charge in [0.05, 0.1) is 13.5 Å². The summed E-state index contributed by atoms with van der Waals surface area (Å²) in [7, 11) is -0.919. The molecule has 0 aliphatic heterocycles. The van der Waals surface area contributed by atoms with Crippen LogP contribution in [0.2, 0.25) is 0 Å². The van der Waals surface area contributed by atoms with E-state index in [-0.39, 0.29) is 19.5 Å². The Bertz CT molecular complexity index is 412. The molecule has 6 nitrogen and oxygen atoms in total. The van der Waals surface area contributed by atoms with E-state index in [2.05, 4.69) is 11.3 Å². The van der Waals surface area contributed by atoms with Gasteiger partial charge >= 0.3 is 5.97 Å². The van der Waals surface area contributed by atoms with Gasteiger partial charge in [0.1, 0.15) is 0 Å². The average Bonchev–Trinajstić information content (AvgIpc) is 2.30. The molecule has 0 saturated carbocycles. The van der Waals surface area contributed by atoms with Gasteiger partial charge in [0, 0.05) is 25.7 Å². The summed E-state index contributed by atoms with van der Waals surface area (Å²) < 4.78 is 31.8. The molecule has 0 N–H and O–H groups in total. The number of methoxy groups -OCH3 is 1. The minimum atomic E-state index is -3.64. The van der Waals surface area contributed by atoms with Crippen molar-refractivity contribution >= 4 is 16.2 Å². The fraction of sp³-hybridized carbons (Fsp3) is 0.750. The Balaban J connectivity index is 5.00. The third kappa shape index (κ3) is 5.30. The second-order valence-corrected chi connectivity index (χ2v) is 7.11. The van der Waals surface area contributed by atoms with Crippen LogP contribution in [0, 0.1) is 0 Å². The summed E-state index contributed by atoms with van der Waals surface area (Å²) in [6, 6.07) is 0. The zero-order valence-corrected chi connectivity index (χ0v) is 13.2. The summed E-state index contributed by atoms with van der Waals surface area (Å²) >= 11 is 0. The molecule has 0 spiro atoms. The lowest BCUT2D eigenvalue weighted by Gasteiger charge is -2.36. The molecule has 7 heteroatoms. The monoisotopic (exact) mass is 292 g/mol. The molecule has 0 radical (unpaired) electrons. The van der Waals surface area contributed by atoms with Crippen LogP contribution in [-0.2, 0) is 19.7 Å². The summed E-state index contributed by atoms with van der Waals surface area (Å²) in [6.45, 7) is 9.30. The van der Waals surface area contributed by atoms with Crippen LogP contribution in [0.1, 0.15) is 27.2 Å². The third-order valence-electron chi connectivity index (χ3n) is 2.57. The molecule has 112 valence electrons. The summed E-state index contributed by atoms with van der Waals surface area (Å²) in [5.74, 6) is -0.437. The van der Waals surface area contributed by atoms with Gasteiger partial charge in [0.25, 0.3) is 10.2 Å². The van der Waals surface area contributed by atoms with Crippen molar-refractivity contribution in [3.05, 3.63) is 12.7 Å². The highest BCUT2D eigenvalue weighted by molar-refractivity contribution is 7.86. The molecule has 0 aromatic rings. The first-order valence-corrected chi connectivity index (χ1v) is 7.39. The fourth-order valence-electron chi connectivity index (χ4n) is 1.47. The number of rotatable bonds is 7. The molecule has 0 rings (SSSR count). The normalized spacial score (nSPS) is 12.8. The maximum absolute atomic E-state index is 12.4. The van der Waals surface area contributed by atoms with Crippen molar-refractivity contribution < 1.29 is 17.9 Å². The Kier molecular flexibility index (Phi) is 6.68. The smallest absolute Gasteiger partial charge is 0.306 e. The van der Waals surface area contributed by atoms with Gasteiger partial charge in [-0.15, -0.1) is 6.58 Å². The predicted octanol–water partition coefficient (Wildman–Crippen LogP) is 1.01. The molecule has 0 aliphatic rings. The van der Waals surface area contributed by atoms with E-state index in [9.17, 15) is 13.2 Å². The van der Waals surface area contributed by atoms with E-state index in [4.69, 9.17) is 0 Å². The van der Waals surface area contributed by atoms with Crippen LogP contribution in [0.15, 0.2) is 12.7 Å². The summed E-state index contributed by atoms with van der Waals surface area (Å²) in [5, 5.41) is 0. The maximum atomic E-state index is 12.4. The maximum Gasteiger partial charge on any atom is 0.306 e. The number of ether oxygens (including phenoxy) is 1. The van der Waals surface area contributed by atoms with Crippen LogP contribution < -0.4 is 0 Å². The largest absolute Gasteiger partial charge is 0.469 e. The van der Waals surface area contributed by atoms with Crippen molar-refractivity contribution in [2.45, 2.75) is 32.7 Å². The van der Waals surface area contributed by atoms with Crippen molar-refractivity contribution in [3.63, 3.8) is 0 Å². The summed E-state index contributed by atoms with van der Waals surface area (Å²) in [6.07, 6.45) is 1.56. The third-order valence-corrected chi connectivity index (χ3v) is 4.80. The van der Waals surface area contributed by atoms with Crippen molar-refractivity contribution in [2.75, 3.05) is 27.2 Å². The molecule has 0 unspecified atom stereocenters. The zero-order valence-electron chi connectivity index (χ0n) is 12.3. The Labute approximate surface area is 116 Å². The zero-order chi connectivity index (χ0) is 15.3. The Morgan fingerprint density at radius 2 is 1.89 bits per heavy atom. The highest BCUT2D eigenvalue weighted by Crippen LogP contribution is 2.20. The second kappa shape index (κ2) is 7.02. The second-order valence-electron chi connectivity index (χ2n) is 5.15. The summed E-state index contributed by atoms with van der Waals surface area (Å²) in [4.78, 5) is 11.1. The number of carbonyl (C=O) groups is 1. The first kappa shape index (κ1) is 18.1. The fourth-order valence-corrected chi connectivity index (χ4v) is 3.11. The first-order valence-electron chi connectivity index (χ1n) is 5.99. The number of esters is 1. The van der Waals surface area contributed by atoms with Gasteiger partial charge < -0.3 is 4.74 Å². The van der Waals surface area contributed by atoms with E-state index in [0.29, 0.717) is 0 Å². The van der Waals surface area contributed by atoms with E-state index in [1.165, 1.54) is 24.5 Å². The quantitative estimate of drug-likeness (QED) is 0.519. The van der Waals surface area contributed by atoms with Crippen LogP contribution >= 0.6 is 0 Å². The van der Waals surface area contributed by atoms with Crippen molar-refractivity contribution in [1.82, 2.24) is 8.61 Å². The summed E-state index contributed by atoms with van der Waals surface area (Å²) in [5.41, 5.74) is -0.563. The van der Waals surface area contributed by atoms with Crippen LogP contribution in [0.3, 0.4) is 0 Å². The molecule has 0 fully saturated rings. The number of hydrogen-bond donors (Lipinski definition) is 0. The number of carbonyl (C=O) groups excluding carboxylic acids is 1. The first-order chi connectivity index (χ1) is 8.57. The van der Waals surface area contributed by atoms with Crippen molar-refractivity contribution in [2.24, 2.45) is 0 Å². The topological polar surface area (TPSA) is 66.9 Å². The van der Waals surface area contributed by atoms with E-state index in [1.807, 2.05) is 20.8 Å². The van der Waals surface area contributed by atoms with Gasteiger partial charge in [0.2, 0.25) is 0 Å². The Morgan fingerprint density at radius 3 is 2.26 bits per heavy atom. The van der Waals surface area contributed by atoms with Gasteiger partial charge in [0.15, 0.2) is 0 Å². The Morgan fingerprint density at radius 1 is 1.37 bits per heavy atom. The lowest BCUT2D eigenvalue weighted by Crippen LogP contribution is -2.51. The van der Waals surface area contributed by atoms with Gasteiger partial charge in [-0.3, -0.25) is 4.79 Å². The molecule has 19 heavy (non-hydrogen) atoms. The van der Waals surface area contributed by atoms with Crippen molar-refractivity contribution in [1.29, 1.82) is 0 Å². The molecule has 0 heterocycles. The standard InChI is InChI=1S/C12H24N2O4S/c1-7-9-14(12(2,3)4)19(16,17)13(5)10-8-11(15)18-6/h7H,1,8-10H2,2-6H3. The SMILES string of the molecule is C=CCN(C(C)(C)C)S(=O)(=O)N(C)CCC(=O)OC. The molecule has 0 aliphatic carbocycles. The molecule has 0 saturated heterocycles. The highest BCUT2D eigenvalue weighted by Gasteiger charge is 2.34. The molecule has 0 atom stereocenters. The van der Waals surface area contributed by atoms with Crippen LogP contribution in [0.5, 0.6) is 0 Å². The molecular formula is C12H24N2O4S. The van der Waals surface area contributed by atoms with E-state index >= 15 is 0 Å². The van der Waals surface area contributed by atoms with Crippen molar-refractivity contribution in [3.8, 4) is 0 Å². The molecule has 0 amide bonds. The van der Waals surface area contributed by atoms with E-state index in [0.717, 1.165) is 4.31 Å². The van der Waals surface area contributed by atoms with Gasteiger partial charge in [-0.05, 0) is 20.8 Å². The number of nitrogens with zero attached hydrogens (tertiary/aromatic N) is 2. The molecule has 0 aromatic heterocycles. The van der Waals surface area contributed by atoms with Crippen LogP contribution in [-0.4, -0.2) is 55.8 Å². The van der Waals surface area contributed by atoms with Gasteiger partial charge in [-0.1, -0.05) is 6.08 Å². The number of hydrogen-bond acceptors (Lipinski definition) is 4. The lowest BCUT2D eigenvalue weighted by atomic mass is 10.1. The molecule has 0 aromatic carbocycles. The minimum absolute atomic E-state index is 0.0261. The average molecular weight is 292 g/mol. The highest BCUT2D eigenvalue weighted by atomic mass is 32.2. The molecular weight excluding hydrogens is 268 g/mol. The predicted molar refractivity (Wildman–Crippen MR) is 74.8 cm³/mol. The molecule has 0 bridgehead atoms. The van der Waals surface area contributed by atoms with Crippen LogP contribution in [0.4, 0.5) is 0 Å². The Hall–Kier alpha value is -0.920. The van der Waals surface area contributed by atoms with E-state index in [1.54, 1.807) is 0 Å². The van der Waals surface area contributed by atoms with E-state index < -0.39 is 21.7 Å².